The third-order valence-corrected chi connectivity index (χ3v) is 4.16. The average molecular weight is 357 g/mol. The first-order valence-electron chi connectivity index (χ1n) is 7.36. The summed E-state index contributed by atoms with van der Waals surface area (Å²) in [5.41, 5.74) is 13.5. The van der Waals surface area contributed by atoms with Gasteiger partial charge in [0.25, 0.3) is 5.91 Å². The maximum atomic E-state index is 13.3. The van der Waals surface area contributed by atoms with Crippen molar-refractivity contribution in [2.24, 2.45) is 16.5 Å². The van der Waals surface area contributed by atoms with Gasteiger partial charge >= 0.3 is 0 Å². The van der Waals surface area contributed by atoms with Crippen molar-refractivity contribution in [3.05, 3.63) is 64.6 Å². The number of rotatable bonds is 2. The summed E-state index contributed by atoms with van der Waals surface area (Å²) in [6.45, 7) is 1.78. The van der Waals surface area contributed by atoms with Crippen LogP contribution in [0.15, 0.2) is 47.5 Å². The van der Waals surface area contributed by atoms with E-state index in [0.29, 0.717) is 38.3 Å². The Kier molecular flexibility index (Phi) is 4.37. The number of aromatic nitrogens is 1. The second kappa shape index (κ2) is 6.49. The molecule has 25 heavy (non-hydrogen) atoms. The molecule has 3 rings (SSSR count). The van der Waals surface area contributed by atoms with Gasteiger partial charge in [0.2, 0.25) is 0 Å². The molecule has 0 aliphatic carbocycles. The van der Waals surface area contributed by atoms with Crippen molar-refractivity contribution in [2.75, 3.05) is 0 Å². The zero-order valence-corrected chi connectivity index (χ0v) is 14.0. The van der Waals surface area contributed by atoms with Crippen LogP contribution in [0, 0.1) is 12.7 Å². The van der Waals surface area contributed by atoms with Crippen LogP contribution in [0.1, 0.15) is 16.1 Å². The maximum absolute atomic E-state index is 13.3. The Hall–Kier alpha value is -2.99. The first kappa shape index (κ1) is 16.9. The van der Waals surface area contributed by atoms with Gasteiger partial charge in [-0.3, -0.25) is 9.78 Å². The highest BCUT2D eigenvalue weighted by molar-refractivity contribution is 6.35. The normalized spacial score (nSPS) is 10.7. The Balaban J connectivity index is 2.29. The minimum atomic E-state index is -0.566. The summed E-state index contributed by atoms with van der Waals surface area (Å²) in [5, 5.41) is 1.09. The number of hydrogen-bond donors (Lipinski definition) is 2. The highest BCUT2D eigenvalue weighted by Crippen LogP contribution is 2.36. The number of amides is 1. The molecule has 0 saturated heterocycles. The number of halogens is 2. The summed E-state index contributed by atoms with van der Waals surface area (Å²) >= 11 is 6.45. The lowest BCUT2D eigenvalue weighted by Crippen LogP contribution is -2.24. The zero-order valence-electron chi connectivity index (χ0n) is 13.3. The molecular formula is C18H14ClFN4O. The maximum Gasteiger partial charge on any atom is 0.280 e. The molecule has 7 heteroatoms. The second-order valence-corrected chi connectivity index (χ2v) is 5.84. The van der Waals surface area contributed by atoms with Crippen LogP contribution < -0.4 is 11.5 Å². The first-order valence-corrected chi connectivity index (χ1v) is 7.74. The number of aryl methyl sites for hydroxylation is 1. The van der Waals surface area contributed by atoms with Gasteiger partial charge in [-0.2, -0.15) is 4.99 Å². The van der Waals surface area contributed by atoms with Crippen LogP contribution >= 0.6 is 11.6 Å². The van der Waals surface area contributed by atoms with E-state index in [-0.39, 0.29) is 11.8 Å². The van der Waals surface area contributed by atoms with Crippen LogP contribution in [0.2, 0.25) is 5.02 Å². The van der Waals surface area contributed by atoms with E-state index in [1.54, 1.807) is 37.3 Å². The van der Waals surface area contributed by atoms with E-state index in [2.05, 4.69) is 9.98 Å². The predicted octanol–water partition coefficient (Wildman–Crippen LogP) is 3.42. The van der Waals surface area contributed by atoms with E-state index < -0.39 is 5.91 Å². The molecule has 1 heterocycles. The third-order valence-electron chi connectivity index (χ3n) is 3.70. The third kappa shape index (κ3) is 3.29. The number of aliphatic imine (C=N–C) groups is 1. The molecule has 0 spiro atoms. The monoisotopic (exact) mass is 356 g/mol. The fraction of sp³-hybridized carbons (Fsp3) is 0.0556. The van der Waals surface area contributed by atoms with Crippen LogP contribution in [-0.4, -0.2) is 16.9 Å². The van der Waals surface area contributed by atoms with Crippen molar-refractivity contribution < 1.29 is 9.18 Å². The van der Waals surface area contributed by atoms with E-state index in [9.17, 15) is 9.18 Å². The number of guanidine groups is 1. The Morgan fingerprint density at radius 2 is 1.84 bits per heavy atom. The van der Waals surface area contributed by atoms with Crippen molar-refractivity contribution >= 4 is 34.4 Å². The Morgan fingerprint density at radius 1 is 1.16 bits per heavy atom. The summed E-state index contributed by atoms with van der Waals surface area (Å²) in [6.07, 6.45) is 0. The number of pyridine rings is 1. The van der Waals surface area contributed by atoms with Crippen LogP contribution in [0.5, 0.6) is 0 Å². The Morgan fingerprint density at radius 3 is 2.48 bits per heavy atom. The summed E-state index contributed by atoms with van der Waals surface area (Å²) in [5.74, 6) is -1.23. The van der Waals surface area contributed by atoms with Crippen molar-refractivity contribution in [1.29, 1.82) is 0 Å². The summed E-state index contributed by atoms with van der Waals surface area (Å²) < 4.78 is 13.3. The highest BCUT2D eigenvalue weighted by Gasteiger charge is 2.15. The molecule has 0 saturated carbocycles. The van der Waals surface area contributed by atoms with Gasteiger partial charge in [0.05, 0.1) is 16.2 Å². The molecule has 0 atom stereocenters. The number of hydrogen-bond acceptors (Lipinski definition) is 2. The standard InChI is InChI=1S/C18H14ClFN4O/c1-9-16(19)15(10-2-5-12(20)6-3-10)13-8-11(4-7-14(13)23-9)17(25)24-18(21)22/h2-8H,1H3,(H4,21,22,24,25). The number of nitrogens with zero attached hydrogens (tertiary/aromatic N) is 2. The van der Waals surface area contributed by atoms with Gasteiger partial charge in [-0.25, -0.2) is 4.39 Å². The van der Waals surface area contributed by atoms with E-state index >= 15 is 0 Å². The summed E-state index contributed by atoms with van der Waals surface area (Å²) in [6, 6.07) is 10.9. The lowest BCUT2D eigenvalue weighted by Gasteiger charge is -2.12. The van der Waals surface area contributed by atoms with E-state index in [4.69, 9.17) is 23.1 Å². The number of carbonyl (C=O) groups excluding carboxylic acids is 1. The molecule has 5 nitrogen and oxygen atoms in total. The summed E-state index contributed by atoms with van der Waals surface area (Å²) in [7, 11) is 0. The van der Waals surface area contributed by atoms with Gasteiger partial charge in [0, 0.05) is 16.5 Å². The smallest absolute Gasteiger partial charge is 0.280 e. The van der Waals surface area contributed by atoms with Crippen LogP contribution in [0.4, 0.5) is 4.39 Å². The quantitative estimate of drug-likeness (QED) is 0.543. The molecule has 1 amide bonds. The SMILES string of the molecule is Cc1nc2ccc(C(=O)N=C(N)N)cc2c(-c2ccc(F)cc2)c1Cl. The fourth-order valence-corrected chi connectivity index (χ4v) is 2.83. The van der Waals surface area contributed by atoms with Gasteiger partial charge in [-0.05, 0) is 42.8 Å². The molecule has 0 fully saturated rings. The average Bonchev–Trinajstić information content (AvgIpc) is 2.56. The van der Waals surface area contributed by atoms with Crippen LogP contribution in [0.3, 0.4) is 0 Å². The van der Waals surface area contributed by atoms with E-state index in [1.807, 2.05) is 0 Å². The molecule has 0 radical (unpaired) electrons. The number of benzene rings is 2. The van der Waals surface area contributed by atoms with Crippen molar-refractivity contribution in [3.8, 4) is 11.1 Å². The largest absolute Gasteiger partial charge is 0.370 e. The van der Waals surface area contributed by atoms with E-state index in [1.165, 1.54) is 12.1 Å². The van der Waals surface area contributed by atoms with Crippen LogP contribution in [0.25, 0.3) is 22.0 Å². The fourth-order valence-electron chi connectivity index (χ4n) is 2.58. The second-order valence-electron chi connectivity index (χ2n) is 5.47. The van der Waals surface area contributed by atoms with Gasteiger partial charge in [0.15, 0.2) is 5.96 Å². The molecule has 0 unspecified atom stereocenters. The zero-order chi connectivity index (χ0) is 18.1. The first-order chi connectivity index (χ1) is 11.9. The van der Waals surface area contributed by atoms with Crippen LogP contribution in [-0.2, 0) is 0 Å². The Labute approximate surface area is 148 Å². The van der Waals surface area contributed by atoms with Gasteiger partial charge < -0.3 is 11.5 Å². The van der Waals surface area contributed by atoms with Crippen molar-refractivity contribution in [3.63, 3.8) is 0 Å². The number of carbonyl (C=O) groups is 1. The van der Waals surface area contributed by atoms with Gasteiger partial charge in [0.1, 0.15) is 5.82 Å². The molecule has 1 aromatic heterocycles. The topological polar surface area (TPSA) is 94.4 Å². The minimum absolute atomic E-state index is 0.297. The molecule has 0 bridgehead atoms. The molecule has 126 valence electrons. The molecule has 4 N–H and O–H groups in total. The predicted molar refractivity (Wildman–Crippen MR) is 97.0 cm³/mol. The summed E-state index contributed by atoms with van der Waals surface area (Å²) in [4.78, 5) is 20.1. The lowest BCUT2D eigenvalue weighted by atomic mass is 9.98. The lowest BCUT2D eigenvalue weighted by molar-refractivity contribution is 0.100. The highest BCUT2D eigenvalue weighted by atomic mass is 35.5. The molecule has 3 aromatic rings. The Bertz CT molecular complexity index is 1010. The van der Waals surface area contributed by atoms with Crippen molar-refractivity contribution in [1.82, 2.24) is 4.98 Å². The van der Waals surface area contributed by atoms with Gasteiger partial charge in [-0.15, -0.1) is 0 Å². The molecule has 2 aromatic carbocycles. The van der Waals surface area contributed by atoms with Crippen molar-refractivity contribution in [2.45, 2.75) is 6.92 Å². The number of nitrogens with two attached hydrogens (primary N) is 2. The molecular weight excluding hydrogens is 343 g/mol. The van der Waals surface area contributed by atoms with Gasteiger partial charge in [-0.1, -0.05) is 23.7 Å². The molecule has 0 aliphatic rings. The molecule has 0 aliphatic heterocycles. The number of fused-ring (bicyclic) bond motifs is 1. The minimum Gasteiger partial charge on any atom is -0.370 e. The van der Waals surface area contributed by atoms with E-state index in [0.717, 1.165) is 0 Å².